The van der Waals surface area contributed by atoms with E-state index in [0.717, 1.165) is 25.2 Å². The van der Waals surface area contributed by atoms with Gasteiger partial charge in [-0.05, 0) is 25.0 Å². The third kappa shape index (κ3) is 3.65. The molecule has 0 aliphatic carbocycles. The van der Waals surface area contributed by atoms with E-state index in [1.807, 2.05) is 12.1 Å². The summed E-state index contributed by atoms with van der Waals surface area (Å²) in [4.78, 5) is 4.29. The van der Waals surface area contributed by atoms with Crippen molar-refractivity contribution in [1.29, 1.82) is 0 Å². The van der Waals surface area contributed by atoms with Crippen molar-refractivity contribution in [1.82, 2.24) is 4.98 Å². The maximum absolute atomic E-state index is 5.74. The van der Waals surface area contributed by atoms with Gasteiger partial charge in [-0.2, -0.15) is 4.98 Å². The maximum Gasteiger partial charge on any atom is 0.239 e. The molecule has 0 atom stereocenters. The van der Waals surface area contributed by atoms with Gasteiger partial charge in [0.25, 0.3) is 0 Å². The third-order valence-corrected chi connectivity index (χ3v) is 1.89. The van der Waals surface area contributed by atoms with Gasteiger partial charge in [-0.1, -0.05) is 13.8 Å². The van der Waals surface area contributed by atoms with Gasteiger partial charge in [-0.15, -0.1) is 0 Å². The number of nitrogens with zero attached hydrogens (tertiary/aromatic N) is 1. The zero-order valence-electron chi connectivity index (χ0n) is 9.42. The Morgan fingerprint density at radius 3 is 2.80 bits per heavy atom. The number of rotatable bonds is 6. The fraction of sp³-hybridized carbons (Fsp3) is 0.545. The third-order valence-electron chi connectivity index (χ3n) is 1.89. The Balaban J connectivity index is 2.66. The lowest BCUT2D eigenvalue weighted by Crippen LogP contribution is -2.06. The molecule has 15 heavy (non-hydrogen) atoms. The van der Waals surface area contributed by atoms with E-state index in [1.165, 1.54) is 0 Å². The van der Waals surface area contributed by atoms with Crippen LogP contribution in [-0.2, 0) is 0 Å². The van der Waals surface area contributed by atoms with Crippen molar-refractivity contribution in [3.63, 3.8) is 0 Å². The second-order valence-electron chi connectivity index (χ2n) is 3.37. The molecule has 0 aromatic carbocycles. The van der Waals surface area contributed by atoms with Gasteiger partial charge in [0.2, 0.25) is 5.88 Å². The minimum atomic E-state index is 0.526. The number of hydrogen-bond donors (Lipinski definition) is 2. The first-order valence-corrected chi connectivity index (χ1v) is 5.41. The second kappa shape index (κ2) is 6.11. The predicted octanol–water partition coefficient (Wildman–Crippen LogP) is 2.27. The van der Waals surface area contributed by atoms with Crippen molar-refractivity contribution in [3.8, 4) is 5.88 Å². The number of nitrogens with two attached hydrogens (primary N) is 1. The van der Waals surface area contributed by atoms with E-state index in [-0.39, 0.29) is 0 Å². The van der Waals surface area contributed by atoms with Gasteiger partial charge in [0.05, 0.1) is 12.3 Å². The minimum Gasteiger partial charge on any atom is -0.476 e. The SMILES string of the molecule is CCCNc1ccc(N)c(OCCC)n1. The number of aromatic nitrogens is 1. The fourth-order valence-corrected chi connectivity index (χ4v) is 1.12. The van der Waals surface area contributed by atoms with Crippen molar-refractivity contribution in [2.75, 3.05) is 24.2 Å². The Kier molecular flexibility index (Phi) is 4.74. The normalized spacial score (nSPS) is 10.0. The van der Waals surface area contributed by atoms with Crippen LogP contribution in [0.5, 0.6) is 5.88 Å². The zero-order chi connectivity index (χ0) is 11.1. The topological polar surface area (TPSA) is 60.2 Å². The summed E-state index contributed by atoms with van der Waals surface area (Å²) in [5.41, 5.74) is 6.33. The molecule has 1 aromatic heterocycles. The monoisotopic (exact) mass is 209 g/mol. The van der Waals surface area contributed by atoms with Gasteiger partial charge in [0, 0.05) is 6.54 Å². The summed E-state index contributed by atoms with van der Waals surface area (Å²) in [7, 11) is 0. The van der Waals surface area contributed by atoms with Crippen molar-refractivity contribution in [2.45, 2.75) is 26.7 Å². The highest BCUT2D eigenvalue weighted by Crippen LogP contribution is 2.20. The van der Waals surface area contributed by atoms with E-state index in [0.29, 0.717) is 18.2 Å². The van der Waals surface area contributed by atoms with E-state index in [2.05, 4.69) is 24.1 Å². The van der Waals surface area contributed by atoms with Gasteiger partial charge in [0.15, 0.2) is 0 Å². The molecule has 0 saturated heterocycles. The predicted molar refractivity (Wildman–Crippen MR) is 63.2 cm³/mol. The molecular weight excluding hydrogens is 190 g/mol. The highest BCUT2D eigenvalue weighted by Gasteiger charge is 2.03. The average molecular weight is 209 g/mol. The average Bonchev–Trinajstić information content (AvgIpc) is 2.26. The van der Waals surface area contributed by atoms with Crippen molar-refractivity contribution >= 4 is 11.5 Å². The summed E-state index contributed by atoms with van der Waals surface area (Å²) in [6, 6.07) is 3.68. The maximum atomic E-state index is 5.74. The van der Waals surface area contributed by atoms with Gasteiger partial charge in [-0.3, -0.25) is 0 Å². The molecular formula is C11H19N3O. The molecule has 1 rings (SSSR count). The number of nitrogen functional groups attached to an aromatic ring is 1. The molecule has 1 aromatic rings. The molecule has 4 heteroatoms. The van der Waals surface area contributed by atoms with Crippen LogP contribution >= 0.6 is 0 Å². The summed E-state index contributed by atoms with van der Waals surface area (Å²) < 4.78 is 5.43. The van der Waals surface area contributed by atoms with Gasteiger partial charge >= 0.3 is 0 Å². The zero-order valence-corrected chi connectivity index (χ0v) is 9.42. The molecule has 0 aliphatic rings. The van der Waals surface area contributed by atoms with E-state index >= 15 is 0 Å². The number of nitrogens with one attached hydrogen (secondary N) is 1. The molecule has 0 amide bonds. The van der Waals surface area contributed by atoms with Crippen LogP contribution in [0.2, 0.25) is 0 Å². The number of pyridine rings is 1. The van der Waals surface area contributed by atoms with E-state index in [4.69, 9.17) is 10.5 Å². The van der Waals surface area contributed by atoms with E-state index in [9.17, 15) is 0 Å². The van der Waals surface area contributed by atoms with Gasteiger partial charge in [0.1, 0.15) is 5.82 Å². The highest BCUT2D eigenvalue weighted by molar-refractivity contribution is 5.53. The van der Waals surface area contributed by atoms with Crippen LogP contribution in [0.15, 0.2) is 12.1 Å². The van der Waals surface area contributed by atoms with Crippen LogP contribution in [0.4, 0.5) is 11.5 Å². The van der Waals surface area contributed by atoms with Crippen molar-refractivity contribution < 1.29 is 4.74 Å². The molecule has 0 unspecified atom stereocenters. The molecule has 84 valence electrons. The van der Waals surface area contributed by atoms with Gasteiger partial charge in [-0.25, -0.2) is 0 Å². The molecule has 4 nitrogen and oxygen atoms in total. The molecule has 0 aliphatic heterocycles. The molecule has 3 N–H and O–H groups in total. The van der Waals surface area contributed by atoms with E-state index in [1.54, 1.807) is 0 Å². The summed E-state index contributed by atoms with van der Waals surface area (Å²) in [6.45, 7) is 5.72. The standard InChI is InChI=1S/C11H19N3O/c1-3-7-13-10-6-5-9(12)11(14-10)15-8-4-2/h5-6H,3-4,7-8,12H2,1-2H3,(H,13,14). The van der Waals surface area contributed by atoms with Crippen LogP contribution < -0.4 is 15.8 Å². The number of hydrogen-bond acceptors (Lipinski definition) is 4. The summed E-state index contributed by atoms with van der Waals surface area (Å²) in [5.74, 6) is 1.34. The van der Waals surface area contributed by atoms with Crippen LogP contribution in [-0.4, -0.2) is 18.1 Å². The second-order valence-corrected chi connectivity index (χ2v) is 3.37. The Bertz CT molecular complexity index is 302. The number of anilines is 2. The first-order chi connectivity index (χ1) is 7.27. The number of ether oxygens (including phenoxy) is 1. The lowest BCUT2D eigenvalue weighted by atomic mass is 10.4. The molecule has 0 spiro atoms. The van der Waals surface area contributed by atoms with Gasteiger partial charge < -0.3 is 15.8 Å². The summed E-state index contributed by atoms with van der Waals surface area (Å²) in [5, 5.41) is 3.19. The first-order valence-electron chi connectivity index (χ1n) is 5.41. The molecule has 0 radical (unpaired) electrons. The lowest BCUT2D eigenvalue weighted by molar-refractivity contribution is 0.307. The van der Waals surface area contributed by atoms with E-state index < -0.39 is 0 Å². The Morgan fingerprint density at radius 2 is 2.13 bits per heavy atom. The van der Waals surface area contributed by atoms with Crippen LogP contribution in [0.25, 0.3) is 0 Å². The quantitative estimate of drug-likeness (QED) is 0.754. The summed E-state index contributed by atoms with van der Waals surface area (Å²) in [6.07, 6.45) is 2.02. The Hall–Kier alpha value is -1.45. The fourth-order valence-electron chi connectivity index (χ4n) is 1.12. The summed E-state index contributed by atoms with van der Waals surface area (Å²) >= 11 is 0. The Morgan fingerprint density at radius 1 is 1.33 bits per heavy atom. The smallest absolute Gasteiger partial charge is 0.239 e. The first kappa shape index (κ1) is 11.6. The molecule has 1 heterocycles. The van der Waals surface area contributed by atoms with Crippen LogP contribution in [0.3, 0.4) is 0 Å². The molecule has 0 saturated carbocycles. The minimum absolute atomic E-state index is 0.526. The Labute approximate surface area is 90.8 Å². The van der Waals surface area contributed by atoms with Crippen LogP contribution in [0.1, 0.15) is 26.7 Å². The van der Waals surface area contributed by atoms with Crippen molar-refractivity contribution in [2.24, 2.45) is 0 Å². The largest absolute Gasteiger partial charge is 0.476 e. The van der Waals surface area contributed by atoms with Crippen molar-refractivity contribution in [3.05, 3.63) is 12.1 Å². The molecule has 0 fully saturated rings. The lowest BCUT2D eigenvalue weighted by Gasteiger charge is -2.09. The van der Waals surface area contributed by atoms with Crippen LogP contribution in [0, 0.1) is 0 Å². The molecule has 0 bridgehead atoms. The highest BCUT2D eigenvalue weighted by atomic mass is 16.5.